The number of nitrogens with one attached hydrogen (secondary N) is 2. The van der Waals surface area contributed by atoms with Gasteiger partial charge in [0.25, 0.3) is 10.2 Å². The van der Waals surface area contributed by atoms with Gasteiger partial charge in [0.05, 0.1) is 0 Å². The number of hydrogen-bond acceptors (Lipinski definition) is 3. The van der Waals surface area contributed by atoms with E-state index in [2.05, 4.69) is 9.44 Å². The van der Waals surface area contributed by atoms with Gasteiger partial charge >= 0.3 is 5.97 Å². The fourth-order valence-corrected chi connectivity index (χ4v) is 2.82. The van der Waals surface area contributed by atoms with Crippen LogP contribution in [-0.4, -0.2) is 31.1 Å². The van der Waals surface area contributed by atoms with Crippen LogP contribution in [0, 0.1) is 5.41 Å². The van der Waals surface area contributed by atoms with E-state index in [0.29, 0.717) is 0 Å². The molecule has 0 fully saturated rings. The van der Waals surface area contributed by atoms with Gasteiger partial charge in [-0.3, -0.25) is 4.79 Å². The molecule has 0 saturated carbocycles. The Morgan fingerprint density at radius 2 is 1.53 bits per heavy atom. The Morgan fingerprint density at radius 3 is 1.76 bits per heavy atom. The highest BCUT2D eigenvalue weighted by molar-refractivity contribution is 7.87. The van der Waals surface area contributed by atoms with Gasteiger partial charge in [0.1, 0.15) is 6.04 Å². The van der Waals surface area contributed by atoms with Crippen molar-refractivity contribution in [3.8, 4) is 0 Å². The second-order valence-electron chi connectivity index (χ2n) is 6.11. The van der Waals surface area contributed by atoms with Gasteiger partial charge in [-0.05, 0) is 26.2 Å². The van der Waals surface area contributed by atoms with Crippen molar-refractivity contribution < 1.29 is 18.3 Å². The van der Waals surface area contributed by atoms with Gasteiger partial charge < -0.3 is 5.11 Å². The summed E-state index contributed by atoms with van der Waals surface area (Å²) in [7, 11) is -3.85. The number of hydrogen-bond donors (Lipinski definition) is 3. The van der Waals surface area contributed by atoms with E-state index in [-0.39, 0.29) is 0 Å². The highest BCUT2D eigenvalue weighted by Crippen LogP contribution is 2.20. The second kappa shape index (κ2) is 4.91. The number of carboxylic acids is 1. The minimum atomic E-state index is -3.85. The highest BCUT2D eigenvalue weighted by Gasteiger charge is 2.35. The molecular formula is C10H22N2O4S. The van der Waals surface area contributed by atoms with Crippen molar-refractivity contribution in [1.29, 1.82) is 0 Å². The first kappa shape index (κ1) is 16.3. The third-order valence-corrected chi connectivity index (χ3v) is 3.25. The molecule has 0 aromatic rings. The summed E-state index contributed by atoms with van der Waals surface area (Å²) < 4.78 is 27.9. The van der Waals surface area contributed by atoms with Gasteiger partial charge in [-0.2, -0.15) is 17.9 Å². The van der Waals surface area contributed by atoms with Crippen molar-refractivity contribution >= 4 is 16.2 Å². The molecule has 0 aliphatic carbocycles. The van der Waals surface area contributed by atoms with Crippen LogP contribution in [0.2, 0.25) is 0 Å². The molecule has 0 spiro atoms. The van der Waals surface area contributed by atoms with E-state index in [1.807, 2.05) is 0 Å². The van der Waals surface area contributed by atoms with Crippen molar-refractivity contribution in [2.75, 3.05) is 0 Å². The predicted octanol–water partition coefficient (Wildman–Crippen LogP) is 0.708. The Balaban J connectivity index is 4.97. The van der Waals surface area contributed by atoms with Gasteiger partial charge in [-0.25, -0.2) is 0 Å². The molecule has 3 N–H and O–H groups in total. The summed E-state index contributed by atoms with van der Waals surface area (Å²) in [4.78, 5) is 11.0. The molecule has 0 saturated heterocycles. The Hall–Kier alpha value is -0.660. The summed E-state index contributed by atoms with van der Waals surface area (Å²) in [5.41, 5.74) is -1.37. The minimum absolute atomic E-state index is 0.660. The molecule has 1 atom stereocenters. The van der Waals surface area contributed by atoms with Crippen LogP contribution in [0.1, 0.15) is 41.5 Å². The average Bonchev–Trinajstić information content (AvgIpc) is 1.92. The van der Waals surface area contributed by atoms with Crippen LogP contribution in [-0.2, 0) is 15.0 Å². The molecule has 0 aliphatic heterocycles. The van der Waals surface area contributed by atoms with Gasteiger partial charge in [0.2, 0.25) is 0 Å². The lowest BCUT2D eigenvalue weighted by Gasteiger charge is -2.29. The maximum Gasteiger partial charge on any atom is 0.322 e. The van der Waals surface area contributed by atoms with E-state index in [0.717, 1.165) is 0 Å². The van der Waals surface area contributed by atoms with Crippen LogP contribution in [0.5, 0.6) is 0 Å². The fourth-order valence-electron chi connectivity index (χ4n) is 1.19. The van der Waals surface area contributed by atoms with E-state index in [9.17, 15) is 13.2 Å². The van der Waals surface area contributed by atoms with E-state index >= 15 is 0 Å². The molecule has 102 valence electrons. The summed E-state index contributed by atoms with van der Waals surface area (Å²) in [6.45, 7) is 10.0. The van der Waals surface area contributed by atoms with Gasteiger partial charge in [0, 0.05) is 5.54 Å². The maximum absolute atomic E-state index is 11.7. The van der Waals surface area contributed by atoms with Crippen LogP contribution in [0.25, 0.3) is 0 Å². The monoisotopic (exact) mass is 266 g/mol. The highest BCUT2D eigenvalue weighted by atomic mass is 32.2. The summed E-state index contributed by atoms with van der Waals surface area (Å²) in [6, 6.07) is -1.18. The molecule has 0 aliphatic rings. The quantitative estimate of drug-likeness (QED) is 0.698. The third kappa shape index (κ3) is 6.60. The molecular weight excluding hydrogens is 244 g/mol. The second-order valence-corrected chi connectivity index (χ2v) is 7.56. The molecule has 0 rings (SSSR count). The molecule has 0 aromatic heterocycles. The van der Waals surface area contributed by atoms with Crippen molar-refractivity contribution in [2.45, 2.75) is 53.1 Å². The van der Waals surface area contributed by atoms with Crippen LogP contribution in [0.3, 0.4) is 0 Å². The standard InChI is InChI=1S/C10H22N2O4S/c1-9(2,3)7(8(13)14)11-17(15,16)12-10(4,5)6/h7,11-12H,1-6H3,(H,13,14)/t7-/m1/s1. The zero-order valence-corrected chi connectivity index (χ0v) is 12.0. The first-order valence-electron chi connectivity index (χ1n) is 5.29. The predicted molar refractivity (Wildman–Crippen MR) is 65.8 cm³/mol. The average molecular weight is 266 g/mol. The lowest BCUT2D eigenvalue weighted by molar-refractivity contribution is -0.141. The van der Waals surface area contributed by atoms with E-state index < -0.39 is 33.2 Å². The van der Waals surface area contributed by atoms with Crippen LogP contribution < -0.4 is 9.44 Å². The molecule has 0 radical (unpaired) electrons. The summed E-state index contributed by atoms with van der Waals surface area (Å²) >= 11 is 0. The van der Waals surface area contributed by atoms with Gasteiger partial charge in [-0.1, -0.05) is 20.8 Å². The lowest BCUT2D eigenvalue weighted by atomic mass is 9.88. The number of rotatable bonds is 4. The molecule has 0 unspecified atom stereocenters. The molecule has 7 heteroatoms. The number of aliphatic carboxylic acids is 1. The van der Waals surface area contributed by atoms with Crippen LogP contribution in [0.4, 0.5) is 0 Å². The zero-order chi connectivity index (χ0) is 14.1. The van der Waals surface area contributed by atoms with Crippen molar-refractivity contribution in [1.82, 2.24) is 9.44 Å². The molecule has 0 aromatic carbocycles. The molecule has 6 nitrogen and oxygen atoms in total. The summed E-state index contributed by atoms with van der Waals surface area (Å²) in [6.07, 6.45) is 0. The Labute approximate surface area is 103 Å². The topological polar surface area (TPSA) is 95.5 Å². The fraction of sp³-hybridized carbons (Fsp3) is 0.900. The van der Waals surface area contributed by atoms with Crippen LogP contribution in [0.15, 0.2) is 0 Å². The minimum Gasteiger partial charge on any atom is -0.480 e. The SMILES string of the molecule is CC(C)(C)NS(=O)(=O)N[C@H](C(=O)O)C(C)(C)C. The summed E-state index contributed by atoms with van der Waals surface area (Å²) in [5, 5.41) is 9.02. The summed E-state index contributed by atoms with van der Waals surface area (Å²) in [5.74, 6) is -1.20. The van der Waals surface area contributed by atoms with E-state index in [4.69, 9.17) is 5.11 Å². The van der Waals surface area contributed by atoms with Gasteiger partial charge in [-0.15, -0.1) is 0 Å². The van der Waals surface area contributed by atoms with Crippen LogP contribution >= 0.6 is 0 Å². The smallest absolute Gasteiger partial charge is 0.322 e. The van der Waals surface area contributed by atoms with Crippen molar-refractivity contribution in [3.63, 3.8) is 0 Å². The molecule has 17 heavy (non-hydrogen) atoms. The third-order valence-electron chi connectivity index (χ3n) is 1.83. The van der Waals surface area contributed by atoms with Crippen molar-refractivity contribution in [3.05, 3.63) is 0 Å². The lowest BCUT2D eigenvalue weighted by Crippen LogP contribution is -2.55. The zero-order valence-electron chi connectivity index (χ0n) is 11.2. The largest absolute Gasteiger partial charge is 0.480 e. The molecule has 0 bridgehead atoms. The van der Waals surface area contributed by atoms with E-state index in [1.54, 1.807) is 41.5 Å². The Kier molecular flexibility index (Phi) is 4.72. The Bertz CT molecular complexity index is 376. The normalized spacial score (nSPS) is 15.6. The molecule has 0 amide bonds. The number of carboxylic acid groups (broad SMARTS) is 1. The van der Waals surface area contributed by atoms with Crippen molar-refractivity contribution in [2.24, 2.45) is 5.41 Å². The number of carbonyl (C=O) groups is 1. The first-order chi connectivity index (χ1) is 7.25. The van der Waals surface area contributed by atoms with E-state index in [1.165, 1.54) is 0 Å². The Morgan fingerprint density at radius 1 is 1.12 bits per heavy atom. The van der Waals surface area contributed by atoms with Gasteiger partial charge in [0.15, 0.2) is 0 Å². The molecule has 0 heterocycles. The maximum atomic E-state index is 11.7. The first-order valence-corrected chi connectivity index (χ1v) is 6.77.